The number of carbonyl (C=O) groups excluding carboxylic acids is 2. The summed E-state index contributed by atoms with van der Waals surface area (Å²) in [6.45, 7) is 0.198. The van der Waals surface area contributed by atoms with Crippen molar-refractivity contribution in [1.82, 2.24) is 4.90 Å². The van der Waals surface area contributed by atoms with E-state index in [1.165, 1.54) is 4.90 Å². The van der Waals surface area contributed by atoms with Crippen LogP contribution in [0.25, 0.3) is 0 Å². The number of likely N-dealkylation sites (tertiary alicyclic amines) is 1. The Bertz CT molecular complexity index is 258. The van der Waals surface area contributed by atoms with Gasteiger partial charge in [0.25, 0.3) is 5.91 Å². The largest absolute Gasteiger partial charge is 0.490 e. The summed E-state index contributed by atoms with van der Waals surface area (Å²) in [6.07, 6.45) is -3.37. The smallest absolute Gasteiger partial charge is 0.449 e. The van der Waals surface area contributed by atoms with E-state index in [2.05, 4.69) is 4.74 Å². The molecule has 7 heteroatoms. The molecular formula is C8H10F3NO3. The third-order valence-corrected chi connectivity index (χ3v) is 2.02. The summed E-state index contributed by atoms with van der Waals surface area (Å²) in [5, 5.41) is 0. The lowest BCUT2D eigenvalue weighted by Crippen LogP contribution is -2.34. The SMILES string of the molecule is O=C(COC(=O)C(F)(F)F)N1CCCC1. The highest BCUT2D eigenvalue weighted by Gasteiger charge is 2.41. The zero-order chi connectivity index (χ0) is 11.5. The number of amides is 1. The number of hydrogen-bond donors (Lipinski definition) is 0. The van der Waals surface area contributed by atoms with Crippen LogP contribution in [0.15, 0.2) is 0 Å². The lowest BCUT2D eigenvalue weighted by molar-refractivity contribution is -0.200. The van der Waals surface area contributed by atoms with Gasteiger partial charge in [0.1, 0.15) is 0 Å². The van der Waals surface area contributed by atoms with Gasteiger partial charge in [-0.25, -0.2) is 4.79 Å². The summed E-state index contributed by atoms with van der Waals surface area (Å²) >= 11 is 0. The first kappa shape index (κ1) is 11.8. The molecule has 0 aromatic rings. The third kappa shape index (κ3) is 3.41. The molecule has 1 heterocycles. The average molecular weight is 225 g/mol. The minimum atomic E-state index is -5.04. The summed E-state index contributed by atoms with van der Waals surface area (Å²) in [5.41, 5.74) is 0. The summed E-state index contributed by atoms with van der Waals surface area (Å²) < 4.78 is 38.9. The van der Waals surface area contributed by atoms with Crippen molar-refractivity contribution in [3.05, 3.63) is 0 Å². The molecule has 0 unspecified atom stereocenters. The normalized spacial score (nSPS) is 16.6. The Morgan fingerprint density at radius 1 is 1.20 bits per heavy atom. The van der Waals surface area contributed by atoms with Crippen molar-refractivity contribution >= 4 is 11.9 Å². The predicted molar refractivity (Wildman–Crippen MR) is 42.8 cm³/mol. The first-order valence-corrected chi connectivity index (χ1v) is 4.43. The molecule has 1 fully saturated rings. The summed E-state index contributed by atoms with van der Waals surface area (Å²) in [4.78, 5) is 22.8. The number of hydrogen-bond acceptors (Lipinski definition) is 3. The Kier molecular flexibility index (Phi) is 3.54. The van der Waals surface area contributed by atoms with Gasteiger partial charge < -0.3 is 9.64 Å². The second-order valence-electron chi connectivity index (χ2n) is 3.16. The molecule has 0 N–H and O–H groups in total. The van der Waals surface area contributed by atoms with E-state index in [-0.39, 0.29) is 0 Å². The standard InChI is InChI=1S/C8H10F3NO3/c9-8(10,11)7(14)15-5-6(13)12-3-1-2-4-12/h1-5H2. The molecule has 0 atom stereocenters. The Labute approximate surface area is 84.0 Å². The van der Waals surface area contributed by atoms with Gasteiger partial charge in [0.05, 0.1) is 0 Å². The van der Waals surface area contributed by atoms with Gasteiger partial charge in [0.15, 0.2) is 6.61 Å². The Hall–Kier alpha value is -1.27. The van der Waals surface area contributed by atoms with Crippen LogP contribution in [-0.4, -0.2) is 42.6 Å². The van der Waals surface area contributed by atoms with Gasteiger partial charge in [0.2, 0.25) is 0 Å². The minimum Gasteiger partial charge on any atom is -0.449 e. The third-order valence-electron chi connectivity index (χ3n) is 2.02. The van der Waals surface area contributed by atoms with Crippen LogP contribution in [0.4, 0.5) is 13.2 Å². The molecule has 1 saturated heterocycles. The van der Waals surface area contributed by atoms with Crippen molar-refractivity contribution in [2.24, 2.45) is 0 Å². The van der Waals surface area contributed by atoms with Crippen LogP contribution in [0.5, 0.6) is 0 Å². The van der Waals surface area contributed by atoms with Crippen LogP contribution < -0.4 is 0 Å². The lowest BCUT2D eigenvalue weighted by Gasteiger charge is -2.15. The fourth-order valence-electron chi connectivity index (χ4n) is 1.27. The predicted octanol–water partition coefficient (Wildman–Crippen LogP) is 0.714. The minimum absolute atomic E-state index is 0.516. The molecule has 4 nitrogen and oxygen atoms in total. The van der Waals surface area contributed by atoms with Gasteiger partial charge in [0, 0.05) is 13.1 Å². The number of esters is 1. The monoisotopic (exact) mass is 225 g/mol. The molecule has 0 aliphatic carbocycles. The van der Waals surface area contributed by atoms with Crippen LogP contribution in [0.2, 0.25) is 0 Å². The molecule has 0 spiro atoms. The number of rotatable bonds is 2. The highest BCUT2D eigenvalue weighted by molar-refractivity contribution is 5.82. The maximum absolute atomic E-state index is 11.7. The molecule has 86 valence electrons. The number of nitrogens with zero attached hydrogens (tertiary/aromatic N) is 1. The van der Waals surface area contributed by atoms with Crippen LogP contribution in [0.1, 0.15) is 12.8 Å². The van der Waals surface area contributed by atoms with Crippen LogP contribution >= 0.6 is 0 Å². The molecular weight excluding hydrogens is 215 g/mol. The van der Waals surface area contributed by atoms with E-state index in [4.69, 9.17) is 0 Å². The van der Waals surface area contributed by atoms with Gasteiger partial charge in [-0.2, -0.15) is 13.2 Å². The van der Waals surface area contributed by atoms with E-state index in [9.17, 15) is 22.8 Å². The van der Waals surface area contributed by atoms with E-state index in [1.54, 1.807) is 0 Å². The van der Waals surface area contributed by atoms with Gasteiger partial charge >= 0.3 is 12.1 Å². The second kappa shape index (κ2) is 4.50. The summed E-state index contributed by atoms with van der Waals surface area (Å²) in [6, 6.07) is 0. The van der Waals surface area contributed by atoms with Crippen molar-refractivity contribution in [1.29, 1.82) is 0 Å². The molecule has 1 aliphatic heterocycles. The van der Waals surface area contributed by atoms with Crippen molar-refractivity contribution in [2.45, 2.75) is 19.0 Å². The Balaban J connectivity index is 2.30. The number of carbonyl (C=O) groups is 2. The maximum atomic E-state index is 11.7. The first-order chi connectivity index (χ1) is 6.91. The number of halogens is 3. The van der Waals surface area contributed by atoms with E-state index < -0.39 is 24.7 Å². The maximum Gasteiger partial charge on any atom is 0.490 e. The lowest BCUT2D eigenvalue weighted by atomic mass is 10.4. The van der Waals surface area contributed by atoms with Crippen LogP contribution in [-0.2, 0) is 14.3 Å². The second-order valence-corrected chi connectivity index (χ2v) is 3.16. The number of alkyl halides is 3. The fraction of sp³-hybridized carbons (Fsp3) is 0.750. The molecule has 0 radical (unpaired) electrons. The van der Waals surface area contributed by atoms with Crippen molar-refractivity contribution in [2.75, 3.05) is 19.7 Å². The van der Waals surface area contributed by atoms with Crippen LogP contribution in [0.3, 0.4) is 0 Å². The fourth-order valence-corrected chi connectivity index (χ4v) is 1.27. The first-order valence-electron chi connectivity index (χ1n) is 4.43. The summed E-state index contributed by atoms with van der Waals surface area (Å²) in [7, 11) is 0. The van der Waals surface area contributed by atoms with Gasteiger partial charge in [-0.3, -0.25) is 4.79 Å². The van der Waals surface area contributed by atoms with E-state index in [0.717, 1.165) is 12.8 Å². The summed E-state index contributed by atoms with van der Waals surface area (Å²) in [5.74, 6) is -2.90. The van der Waals surface area contributed by atoms with Gasteiger partial charge in [-0.05, 0) is 12.8 Å². The molecule has 1 aliphatic rings. The van der Waals surface area contributed by atoms with E-state index >= 15 is 0 Å². The molecule has 0 aromatic carbocycles. The van der Waals surface area contributed by atoms with E-state index in [1.807, 2.05) is 0 Å². The molecule has 1 rings (SSSR count). The zero-order valence-electron chi connectivity index (χ0n) is 7.84. The molecule has 0 aromatic heterocycles. The quantitative estimate of drug-likeness (QED) is 0.650. The topological polar surface area (TPSA) is 46.6 Å². The molecule has 15 heavy (non-hydrogen) atoms. The van der Waals surface area contributed by atoms with E-state index in [0.29, 0.717) is 13.1 Å². The number of ether oxygens (including phenoxy) is 1. The van der Waals surface area contributed by atoms with Gasteiger partial charge in [-0.1, -0.05) is 0 Å². The van der Waals surface area contributed by atoms with Crippen molar-refractivity contribution < 1.29 is 27.5 Å². The van der Waals surface area contributed by atoms with Crippen LogP contribution in [0, 0.1) is 0 Å². The highest BCUT2D eigenvalue weighted by atomic mass is 19.4. The molecule has 0 bridgehead atoms. The average Bonchev–Trinajstić information content (AvgIpc) is 2.64. The molecule has 0 saturated carbocycles. The Morgan fingerprint density at radius 2 is 1.73 bits per heavy atom. The van der Waals surface area contributed by atoms with Crippen molar-refractivity contribution in [3.63, 3.8) is 0 Å². The zero-order valence-corrected chi connectivity index (χ0v) is 7.84. The van der Waals surface area contributed by atoms with Crippen molar-refractivity contribution in [3.8, 4) is 0 Å². The Morgan fingerprint density at radius 3 is 2.20 bits per heavy atom. The highest BCUT2D eigenvalue weighted by Crippen LogP contribution is 2.16. The molecule has 1 amide bonds. The van der Waals surface area contributed by atoms with Gasteiger partial charge in [-0.15, -0.1) is 0 Å².